The van der Waals surface area contributed by atoms with Crippen LogP contribution in [0.5, 0.6) is 0 Å². The van der Waals surface area contributed by atoms with Crippen molar-refractivity contribution in [1.82, 2.24) is 14.5 Å². The van der Waals surface area contributed by atoms with Crippen LogP contribution >= 0.6 is 0 Å². The van der Waals surface area contributed by atoms with Gasteiger partial charge in [0.2, 0.25) is 0 Å². The number of ether oxygens (including phenoxy) is 1. The Bertz CT molecular complexity index is 885. The Kier molecular flexibility index (Phi) is 5.29. The van der Waals surface area contributed by atoms with Gasteiger partial charge in [-0.15, -0.1) is 0 Å². The van der Waals surface area contributed by atoms with Gasteiger partial charge in [-0.3, -0.25) is 9.59 Å². The summed E-state index contributed by atoms with van der Waals surface area (Å²) >= 11 is 0. The molecule has 1 aliphatic rings. The average molecular weight is 353 g/mol. The third-order valence-corrected chi connectivity index (χ3v) is 4.20. The molecule has 0 saturated carbocycles. The molecule has 0 bridgehead atoms. The SMILES string of the molecule is Cn1ccnc(NC[C@H]2CN(C(=O)c3ccc(C#N)cc3)CCO2)c1=O. The molecule has 1 aromatic carbocycles. The van der Waals surface area contributed by atoms with Crippen LogP contribution in [0.2, 0.25) is 0 Å². The number of rotatable bonds is 4. The Morgan fingerprint density at radius 1 is 1.42 bits per heavy atom. The van der Waals surface area contributed by atoms with E-state index in [9.17, 15) is 9.59 Å². The van der Waals surface area contributed by atoms with Gasteiger partial charge in [-0.05, 0) is 24.3 Å². The Morgan fingerprint density at radius 3 is 2.92 bits per heavy atom. The first-order chi connectivity index (χ1) is 12.6. The minimum atomic E-state index is -0.238. The molecule has 0 radical (unpaired) electrons. The molecule has 3 rings (SSSR count). The zero-order valence-electron chi connectivity index (χ0n) is 14.4. The minimum absolute atomic E-state index is 0.100. The van der Waals surface area contributed by atoms with Gasteiger partial charge >= 0.3 is 0 Å². The third-order valence-electron chi connectivity index (χ3n) is 4.20. The molecule has 0 unspecified atom stereocenters. The molecule has 1 N–H and O–H groups in total. The van der Waals surface area contributed by atoms with Crippen molar-refractivity contribution in [2.75, 3.05) is 31.6 Å². The maximum Gasteiger partial charge on any atom is 0.293 e. The molecule has 1 amide bonds. The van der Waals surface area contributed by atoms with E-state index in [1.54, 1.807) is 48.6 Å². The van der Waals surface area contributed by atoms with Gasteiger partial charge in [0.05, 0.1) is 24.3 Å². The highest BCUT2D eigenvalue weighted by Gasteiger charge is 2.25. The number of carbonyl (C=O) groups excluding carboxylic acids is 1. The number of morpholine rings is 1. The zero-order chi connectivity index (χ0) is 18.5. The summed E-state index contributed by atoms with van der Waals surface area (Å²) in [5.41, 5.74) is 0.840. The summed E-state index contributed by atoms with van der Waals surface area (Å²) in [5.74, 6) is 0.158. The Morgan fingerprint density at radius 2 is 2.19 bits per heavy atom. The van der Waals surface area contributed by atoms with E-state index in [0.29, 0.717) is 37.4 Å². The highest BCUT2D eigenvalue weighted by molar-refractivity contribution is 5.94. The van der Waals surface area contributed by atoms with E-state index in [-0.39, 0.29) is 23.4 Å². The number of anilines is 1. The van der Waals surface area contributed by atoms with E-state index < -0.39 is 0 Å². The molecule has 0 aliphatic carbocycles. The van der Waals surface area contributed by atoms with Crippen LogP contribution in [0.25, 0.3) is 0 Å². The van der Waals surface area contributed by atoms with Crippen molar-refractivity contribution in [3.8, 4) is 6.07 Å². The molecule has 1 aliphatic heterocycles. The number of carbonyl (C=O) groups is 1. The Balaban J connectivity index is 1.61. The van der Waals surface area contributed by atoms with E-state index in [1.807, 2.05) is 6.07 Å². The number of hydrogen-bond donors (Lipinski definition) is 1. The van der Waals surface area contributed by atoms with E-state index in [0.717, 1.165) is 0 Å². The second-order valence-corrected chi connectivity index (χ2v) is 6.01. The van der Waals surface area contributed by atoms with Gasteiger partial charge < -0.3 is 19.5 Å². The summed E-state index contributed by atoms with van der Waals surface area (Å²) in [6.07, 6.45) is 2.90. The molecule has 2 heterocycles. The second-order valence-electron chi connectivity index (χ2n) is 6.01. The van der Waals surface area contributed by atoms with Gasteiger partial charge in [-0.25, -0.2) is 4.98 Å². The highest BCUT2D eigenvalue weighted by Crippen LogP contribution is 2.12. The normalized spacial score (nSPS) is 16.8. The fourth-order valence-corrected chi connectivity index (χ4v) is 2.73. The number of nitrogens with one attached hydrogen (secondary N) is 1. The van der Waals surface area contributed by atoms with Gasteiger partial charge in [-0.1, -0.05) is 0 Å². The molecule has 26 heavy (non-hydrogen) atoms. The first-order valence-electron chi connectivity index (χ1n) is 8.25. The fraction of sp³-hybridized carbons (Fsp3) is 0.333. The number of amides is 1. The van der Waals surface area contributed by atoms with E-state index >= 15 is 0 Å². The maximum absolute atomic E-state index is 12.6. The van der Waals surface area contributed by atoms with Crippen LogP contribution in [0.3, 0.4) is 0 Å². The molecule has 1 saturated heterocycles. The minimum Gasteiger partial charge on any atom is -0.373 e. The van der Waals surface area contributed by atoms with Crippen LogP contribution in [-0.4, -0.2) is 52.7 Å². The molecule has 2 aromatic rings. The summed E-state index contributed by atoms with van der Waals surface area (Å²) in [5, 5.41) is 11.8. The van der Waals surface area contributed by atoms with Gasteiger partial charge in [-0.2, -0.15) is 5.26 Å². The van der Waals surface area contributed by atoms with Gasteiger partial charge in [0, 0.05) is 44.6 Å². The lowest BCUT2D eigenvalue weighted by Crippen LogP contribution is -2.48. The molecular formula is C18H19N5O3. The van der Waals surface area contributed by atoms with Crippen molar-refractivity contribution in [1.29, 1.82) is 5.26 Å². The highest BCUT2D eigenvalue weighted by atomic mass is 16.5. The predicted octanol–water partition coefficient (Wildman–Crippen LogP) is 0.605. The van der Waals surface area contributed by atoms with Crippen molar-refractivity contribution in [3.63, 3.8) is 0 Å². The second kappa shape index (κ2) is 7.80. The Hall–Kier alpha value is -3.18. The van der Waals surface area contributed by atoms with Crippen LogP contribution in [0.15, 0.2) is 41.5 Å². The first kappa shape index (κ1) is 17.6. The molecule has 1 atom stereocenters. The summed E-state index contributed by atoms with van der Waals surface area (Å²) in [4.78, 5) is 30.3. The quantitative estimate of drug-likeness (QED) is 0.864. The van der Waals surface area contributed by atoms with Crippen molar-refractivity contribution in [2.45, 2.75) is 6.10 Å². The number of nitriles is 1. The monoisotopic (exact) mass is 353 g/mol. The molecular weight excluding hydrogens is 334 g/mol. The molecule has 1 fully saturated rings. The summed E-state index contributed by atoms with van der Waals surface area (Å²) < 4.78 is 7.13. The maximum atomic E-state index is 12.6. The lowest BCUT2D eigenvalue weighted by Gasteiger charge is -2.33. The number of benzene rings is 1. The standard InChI is InChI=1S/C18H19N5O3/c1-22-7-6-20-16(18(22)25)21-11-15-12-23(8-9-26-15)17(24)14-4-2-13(10-19)3-5-14/h2-7,15H,8-9,11-12H2,1H3,(H,20,21)/t15-/m0/s1. The number of aryl methyl sites for hydroxylation is 1. The fourth-order valence-electron chi connectivity index (χ4n) is 2.73. The van der Waals surface area contributed by atoms with Crippen LogP contribution < -0.4 is 10.9 Å². The predicted molar refractivity (Wildman–Crippen MR) is 94.8 cm³/mol. The summed E-state index contributed by atoms with van der Waals surface area (Å²) in [6, 6.07) is 8.60. The van der Waals surface area contributed by atoms with Gasteiger partial charge in [0.25, 0.3) is 11.5 Å². The van der Waals surface area contributed by atoms with Gasteiger partial charge in [0.1, 0.15) is 0 Å². The van der Waals surface area contributed by atoms with Crippen molar-refractivity contribution < 1.29 is 9.53 Å². The molecule has 134 valence electrons. The van der Waals surface area contributed by atoms with Crippen LogP contribution in [0.1, 0.15) is 15.9 Å². The smallest absolute Gasteiger partial charge is 0.293 e. The number of hydrogen-bond acceptors (Lipinski definition) is 6. The molecule has 1 aromatic heterocycles. The lowest BCUT2D eigenvalue weighted by atomic mass is 10.1. The largest absolute Gasteiger partial charge is 0.373 e. The van der Waals surface area contributed by atoms with Crippen molar-refractivity contribution >= 4 is 11.7 Å². The first-order valence-corrected chi connectivity index (χ1v) is 8.25. The van der Waals surface area contributed by atoms with Gasteiger partial charge in [0.15, 0.2) is 5.82 Å². The average Bonchev–Trinajstić information content (AvgIpc) is 2.69. The number of aromatic nitrogens is 2. The molecule has 8 nitrogen and oxygen atoms in total. The van der Waals surface area contributed by atoms with Crippen molar-refractivity contribution in [2.24, 2.45) is 7.05 Å². The van der Waals surface area contributed by atoms with E-state index in [2.05, 4.69) is 10.3 Å². The molecule has 8 heteroatoms. The summed E-state index contributed by atoms with van der Waals surface area (Å²) in [6.45, 7) is 1.72. The van der Waals surface area contributed by atoms with E-state index in [4.69, 9.17) is 10.00 Å². The Labute approximate surface area is 150 Å². The molecule has 0 spiro atoms. The van der Waals surface area contributed by atoms with E-state index in [1.165, 1.54) is 4.57 Å². The van der Waals surface area contributed by atoms with Crippen LogP contribution in [0, 0.1) is 11.3 Å². The van der Waals surface area contributed by atoms with Crippen LogP contribution in [-0.2, 0) is 11.8 Å². The number of nitrogens with zero attached hydrogens (tertiary/aromatic N) is 4. The summed E-state index contributed by atoms with van der Waals surface area (Å²) in [7, 11) is 1.66. The topological polar surface area (TPSA) is 100 Å². The lowest BCUT2D eigenvalue weighted by molar-refractivity contribution is -0.0149. The third kappa shape index (κ3) is 3.90. The van der Waals surface area contributed by atoms with Crippen molar-refractivity contribution in [3.05, 3.63) is 58.1 Å². The van der Waals surface area contributed by atoms with Crippen LogP contribution in [0.4, 0.5) is 5.82 Å². The zero-order valence-corrected chi connectivity index (χ0v) is 14.4.